The number of aryl methyl sites for hydroxylation is 1. The molecule has 0 bridgehead atoms. The summed E-state index contributed by atoms with van der Waals surface area (Å²) in [5.74, 6) is -0.442. The molecule has 1 aliphatic rings. The Morgan fingerprint density at radius 3 is 2.71 bits per heavy atom. The molecule has 1 N–H and O–H groups in total. The first-order valence-electron chi connectivity index (χ1n) is 10.5. The zero-order valence-electron chi connectivity index (χ0n) is 18.5. The standard InChI is InChI=1S/C22H21F4N5O3S/c1-34-19-11-14(6-8-22(24,25)26)16(23)12-18(19)31-17-7-10-30(13-15(17)4-5-21(31)32)35(33)29-20-3-2-9-27-28-20/h2-5,9,11-12H,6-8,10,13H2,1H3,(H,28,29). The molecule has 0 radical (unpaired) electrons. The van der Waals surface area contributed by atoms with Crippen molar-refractivity contribution in [2.45, 2.75) is 32.0 Å². The summed E-state index contributed by atoms with van der Waals surface area (Å²) >= 11 is -1.63. The number of aromatic nitrogens is 3. The van der Waals surface area contributed by atoms with E-state index in [-0.39, 0.29) is 23.5 Å². The van der Waals surface area contributed by atoms with Gasteiger partial charge in [-0.15, -0.1) is 5.10 Å². The van der Waals surface area contributed by atoms with Crippen molar-refractivity contribution in [3.05, 3.63) is 75.6 Å². The summed E-state index contributed by atoms with van der Waals surface area (Å²) in [5, 5.41) is 7.57. The first-order valence-corrected chi connectivity index (χ1v) is 11.7. The lowest BCUT2D eigenvalue weighted by Gasteiger charge is -2.29. The molecule has 0 aliphatic carbocycles. The van der Waals surface area contributed by atoms with Gasteiger partial charge in [0.1, 0.15) is 11.6 Å². The maximum Gasteiger partial charge on any atom is 0.389 e. The van der Waals surface area contributed by atoms with Gasteiger partial charge in [0.2, 0.25) is 0 Å². The Labute approximate surface area is 200 Å². The quantitative estimate of drug-likeness (QED) is 0.492. The lowest BCUT2D eigenvalue weighted by molar-refractivity contribution is -0.134. The SMILES string of the molecule is COc1cc(CCC(F)(F)F)c(F)cc1-n1c2c(ccc1=O)CN(S(=O)Nc1cccnn1)CC2. The molecule has 4 rings (SSSR count). The van der Waals surface area contributed by atoms with Gasteiger partial charge in [0.25, 0.3) is 5.56 Å². The highest BCUT2D eigenvalue weighted by Crippen LogP contribution is 2.31. The minimum Gasteiger partial charge on any atom is -0.495 e. The number of halogens is 4. The fourth-order valence-electron chi connectivity index (χ4n) is 3.84. The molecule has 13 heteroatoms. The van der Waals surface area contributed by atoms with Crippen LogP contribution in [0.25, 0.3) is 5.69 Å². The average molecular weight is 512 g/mol. The third kappa shape index (κ3) is 5.68. The highest BCUT2D eigenvalue weighted by Gasteiger charge is 2.29. The molecular formula is C22H21F4N5O3S. The maximum absolute atomic E-state index is 14.8. The van der Waals surface area contributed by atoms with E-state index in [0.717, 1.165) is 6.07 Å². The van der Waals surface area contributed by atoms with E-state index in [4.69, 9.17) is 4.74 Å². The number of rotatable bonds is 7. The van der Waals surface area contributed by atoms with Crippen molar-refractivity contribution in [3.8, 4) is 11.4 Å². The molecule has 0 fully saturated rings. The number of hydrogen-bond donors (Lipinski definition) is 1. The third-order valence-electron chi connectivity index (χ3n) is 5.50. The van der Waals surface area contributed by atoms with Gasteiger partial charge in [-0.25, -0.2) is 12.9 Å². The smallest absolute Gasteiger partial charge is 0.389 e. The normalized spacial score (nSPS) is 14.9. The van der Waals surface area contributed by atoms with Crippen molar-refractivity contribution in [1.29, 1.82) is 0 Å². The van der Waals surface area contributed by atoms with Gasteiger partial charge < -0.3 is 4.74 Å². The molecule has 3 aromatic rings. The Morgan fingerprint density at radius 1 is 1.23 bits per heavy atom. The molecule has 0 saturated carbocycles. The lowest BCUT2D eigenvalue weighted by atomic mass is 10.0. The fourth-order valence-corrected chi connectivity index (χ4v) is 4.77. The maximum atomic E-state index is 14.8. The summed E-state index contributed by atoms with van der Waals surface area (Å²) in [6, 6.07) is 8.40. The molecule has 0 saturated heterocycles. The lowest BCUT2D eigenvalue weighted by Crippen LogP contribution is -2.38. The molecule has 1 aromatic carbocycles. The zero-order valence-corrected chi connectivity index (χ0v) is 19.3. The summed E-state index contributed by atoms with van der Waals surface area (Å²) in [6.45, 7) is 0.536. The molecular weight excluding hydrogens is 490 g/mol. The number of fused-ring (bicyclic) bond motifs is 1. The van der Waals surface area contributed by atoms with Gasteiger partial charge in [-0.2, -0.15) is 18.3 Å². The van der Waals surface area contributed by atoms with Crippen molar-refractivity contribution >= 4 is 17.0 Å². The Hall–Kier alpha value is -3.32. The number of anilines is 1. The van der Waals surface area contributed by atoms with Crippen molar-refractivity contribution < 1.29 is 26.5 Å². The van der Waals surface area contributed by atoms with Gasteiger partial charge >= 0.3 is 6.18 Å². The topological polar surface area (TPSA) is 89.4 Å². The molecule has 0 spiro atoms. The predicted molar refractivity (Wildman–Crippen MR) is 121 cm³/mol. The average Bonchev–Trinajstić information content (AvgIpc) is 2.83. The minimum absolute atomic E-state index is 0.0781. The first kappa shape index (κ1) is 24.8. The van der Waals surface area contributed by atoms with E-state index in [2.05, 4.69) is 14.9 Å². The van der Waals surface area contributed by atoms with Gasteiger partial charge in [0.05, 0.1) is 12.8 Å². The van der Waals surface area contributed by atoms with Crippen molar-refractivity contribution in [2.75, 3.05) is 18.4 Å². The summed E-state index contributed by atoms with van der Waals surface area (Å²) in [6.07, 6.45) is -4.36. The molecule has 0 amide bonds. The molecule has 1 aliphatic heterocycles. The van der Waals surface area contributed by atoms with E-state index in [0.29, 0.717) is 30.0 Å². The third-order valence-corrected chi connectivity index (χ3v) is 6.66. The Kier molecular flexibility index (Phi) is 7.17. The summed E-state index contributed by atoms with van der Waals surface area (Å²) < 4.78 is 76.4. The summed E-state index contributed by atoms with van der Waals surface area (Å²) in [5.41, 5.74) is 0.754. The number of alkyl halides is 3. The molecule has 8 nitrogen and oxygen atoms in total. The van der Waals surface area contributed by atoms with Crippen LogP contribution < -0.4 is 15.0 Å². The second-order valence-corrected chi connectivity index (χ2v) is 9.00. The highest BCUT2D eigenvalue weighted by molar-refractivity contribution is 7.84. The number of ether oxygens (including phenoxy) is 1. The van der Waals surface area contributed by atoms with Crippen molar-refractivity contribution in [2.24, 2.45) is 0 Å². The molecule has 1 atom stereocenters. The number of benzene rings is 1. The summed E-state index contributed by atoms with van der Waals surface area (Å²) in [7, 11) is 1.30. The Morgan fingerprint density at radius 2 is 2.03 bits per heavy atom. The van der Waals surface area contributed by atoms with Gasteiger partial charge in [0.15, 0.2) is 17.0 Å². The van der Waals surface area contributed by atoms with Gasteiger partial charge in [-0.05, 0) is 35.7 Å². The minimum atomic E-state index is -4.43. The Balaban J connectivity index is 1.64. The van der Waals surface area contributed by atoms with Crippen LogP contribution in [0.5, 0.6) is 5.75 Å². The van der Waals surface area contributed by atoms with Crippen LogP contribution in [0.2, 0.25) is 0 Å². The van der Waals surface area contributed by atoms with Crippen molar-refractivity contribution in [3.63, 3.8) is 0 Å². The molecule has 2 aromatic heterocycles. The molecule has 3 heterocycles. The van der Waals surface area contributed by atoms with Crippen LogP contribution in [0.15, 0.2) is 47.4 Å². The Bertz CT molecular complexity index is 1300. The highest BCUT2D eigenvalue weighted by atomic mass is 32.2. The van der Waals surface area contributed by atoms with Crippen LogP contribution in [-0.2, 0) is 30.6 Å². The fraction of sp³-hybridized carbons (Fsp3) is 0.318. The largest absolute Gasteiger partial charge is 0.495 e. The predicted octanol–water partition coefficient (Wildman–Crippen LogP) is 3.32. The van der Waals surface area contributed by atoms with Crippen LogP contribution in [0.4, 0.5) is 23.4 Å². The molecule has 186 valence electrons. The first-order chi connectivity index (χ1) is 16.7. The van der Waals surface area contributed by atoms with E-state index in [1.54, 1.807) is 22.5 Å². The van der Waals surface area contributed by atoms with Crippen LogP contribution in [0.1, 0.15) is 23.2 Å². The zero-order chi connectivity index (χ0) is 25.2. The number of pyridine rings is 1. The second kappa shape index (κ2) is 10.1. The molecule has 1 unspecified atom stereocenters. The van der Waals surface area contributed by atoms with Crippen molar-refractivity contribution in [1.82, 2.24) is 19.1 Å². The van der Waals surface area contributed by atoms with E-state index in [1.165, 1.54) is 30.0 Å². The van der Waals surface area contributed by atoms with E-state index < -0.39 is 41.6 Å². The number of nitrogens with zero attached hydrogens (tertiary/aromatic N) is 4. The van der Waals surface area contributed by atoms with Crippen LogP contribution in [0.3, 0.4) is 0 Å². The van der Waals surface area contributed by atoms with Gasteiger partial charge in [0, 0.05) is 50.0 Å². The van der Waals surface area contributed by atoms with Crippen LogP contribution in [-0.4, -0.2) is 43.1 Å². The van der Waals surface area contributed by atoms with Crippen LogP contribution in [0, 0.1) is 5.82 Å². The number of hydrogen-bond acceptors (Lipinski definition) is 5. The van der Waals surface area contributed by atoms with E-state index in [1.807, 2.05) is 0 Å². The second-order valence-electron chi connectivity index (χ2n) is 7.78. The van der Waals surface area contributed by atoms with E-state index >= 15 is 0 Å². The monoisotopic (exact) mass is 511 g/mol. The number of methoxy groups -OCH3 is 1. The molecule has 35 heavy (non-hydrogen) atoms. The van der Waals surface area contributed by atoms with E-state index in [9.17, 15) is 26.6 Å². The van der Waals surface area contributed by atoms with Gasteiger partial charge in [-0.3, -0.25) is 14.1 Å². The van der Waals surface area contributed by atoms with Gasteiger partial charge in [-0.1, -0.05) is 6.07 Å². The number of nitrogens with one attached hydrogen (secondary N) is 1. The summed E-state index contributed by atoms with van der Waals surface area (Å²) in [4.78, 5) is 12.8. The van der Waals surface area contributed by atoms with Crippen LogP contribution >= 0.6 is 0 Å².